The second-order valence-electron chi connectivity index (χ2n) is 16.1. The maximum atomic E-state index is 14.0. The molecule has 1 unspecified atom stereocenters. The Balaban J connectivity index is 1.22. The number of methoxy groups -OCH3 is 2. The summed E-state index contributed by atoms with van der Waals surface area (Å²) in [4.78, 5) is 55.3. The van der Waals surface area contributed by atoms with Crippen LogP contribution in [0, 0.1) is 40.4 Å². The lowest BCUT2D eigenvalue weighted by Gasteiger charge is -2.70. The number of benzene rings is 1. The van der Waals surface area contributed by atoms with Crippen molar-refractivity contribution in [2.45, 2.75) is 94.5 Å². The number of aliphatic hydroxyl groups is 3. The number of likely N-dealkylation sites (tertiary alicyclic amines) is 1. The van der Waals surface area contributed by atoms with Crippen LogP contribution in [0.5, 0.6) is 0 Å². The number of nitrogens with zero attached hydrogens (tertiary/aromatic N) is 2. The van der Waals surface area contributed by atoms with E-state index < -0.39 is 82.0 Å². The van der Waals surface area contributed by atoms with E-state index >= 15 is 0 Å². The van der Waals surface area contributed by atoms with Gasteiger partial charge in [-0.2, -0.15) is 0 Å². The molecule has 5 saturated carbocycles. The van der Waals surface area contributed by atoms with Gasteiger partial charge in [0.25, 0.3) is 0 Å². The molecule has 13 nitrogen and oxygen atoms in total. The summed E-state index contributed by atoms with van der Waals surface area (Å²) in [6.07, 6.45) is -1.47. The van der Waals surface area contributed by atoms with E-state index in [-0.39, 0.29) is 54.5 Å². The Hall–Kier alpha value is -2.94. The topological polar surface area (TPSA) is 172 Å². The summed E-state index contributed by atoms with van der Waals surface area (Å²) in [5, 5.41) is 38.2. The minimum atomic E-state index is -1.90. The maximum Gasteiger partial charge on any atom is 0.340 e. The second kappa shape index (κ2) is 11.3. The van der Waals surface area contributed by atoms with Crippen LogP contribution >= 0.6 is 0 Å². The zero-order valence-electron chi connectivity index (χ0n) is 29.2. The van der Waals surface area contributed by atoms with Crippen molar-refractivity contribution in [1.82, 2.24) is 4.90 Å². The lowest BCUT2D eigenvalue weighted by Crippen LogP contribution is -2.82. The highest BCUT2D eigenvalue weighted by Gasteiger charge is 2.91. The highest BCUT2D eigenvalue weighted by molar-refractivity contribution is 6.22. The van der Waals surface area contributed by atoms with E-state index in [0.29, 0.717) is 32.4 Å². The first-order valence-electron chi connectivity index (χ1n) is 18.0. The molecular formula is C37H48N2O11. The lowest BCUT2D eigenvalue weighted by atomic mass is 9.42. The molecule has 1 aromatic rings. The predicted octanol–water partition coefficient (Wildman–Crippen LogP) is 1.30. The molecule has 2 aliphatic heterocycles. The molecule has 13 heteroatoms. The van der Waals surface area contributed by atoms with Gasteiger partial charge in [-0.15, -0.1) is 0 Å². The van der Waals surface area contributed by atoms with Crippen molar-refractivity contribution in [1.29, 1.82) is 0 Å². The standard InChI is InChI=1S/C37H48N2O11/c1-6-38-16-34(17-49-32(44)20-9-7-8-10-23(20)39-26(41)13-18(2)31(39)43)12-11-25(47-4)36-22-14-21-24(50-19(3)40)15-35(45,27(22)28(21)42)37(46,33(36)38)30(48-5)29(34)36/h7-10,18,21-22,24-25,27-30,33,42,45-46H,6,11-17H2,1-5H3/t18-,21+,22+,24-,25?,27+,28-,29+,30-,33-,34-,35+,36-,37-/m0/s1. The van der Waals surface area contributed by atoms with Crippen molar-refractivity contribution in [3.8, 4) is 0 Å². The Morgan fingerprint density at radius 2 is 1.84 bits per heavy atom. The SMILES string of the molecule is CCN1C[C@]2(COC(=O)c3ccccc3N3C(=O)C[C@H](C)C3=O)CCC(OC)[C@@]34[C@@H]5C[C@H]6[C@H](O)[C@@H]5[C@](O)(C[C@@H]6OC(C)=O)[C@](O)([C@@H](OC)[C@H]23)[C@@H]14. The van der Waals surface area contributed by atoms with Gasteiger partial charge in [0.15, 0.2) is 0 Å². The van der Waals surface area contributed by atoms with Crippen molar-refractivity contribution < 1.29 is 53.4 Å². The van der Waals surface area contributed by atoms with Crippen molar-refractivity contribution in [2.24, 2.45) is 40.4 Å². The molecule has 1 aromatic carbocycles. The number of carbonyl (C=O) groups excluding carboxylic acids is 4. The van der Waals surface area contributed by atoms with Crippen LogP contribution in [-0.2, 0) is 33.3 Å². The van der Waals surface area contributed by atoms with E-state index in [9.17, 15) is 34.5 Å². The van der Waals surface area contributed by atoms with Crippen LogP contribution in [0.15, 0.2) is 24.3 Å². The van der Waals surface area contributed by atoms with Crippen molar-refractivity contribution in [2.75, 3.05) is 38.8 Å². The smallest absolute Gasteiger partial charge is 0.340 e. The molecule has 5 aliphatic carbocycles. The zero-order valence-corrected chi connectivity index (χ0v) is 29.2. The van der Waals surface area contributed by atoms with Gasteiger partial charge in [-0.25, -0.2) is 9.69 Å². The number of hydrogen-bond acceptors (Lipinski definition) is 12. The molecule has 2 saturated heterocycles. The Labute approximate surface area is 291 Å². The molecule has 0 radical (unpaired) electrons. The normalized spacial score (nSPS) is 47.1. The average Bonchev–Trinajstić information content (AvgIpc) is 3.58. The number of rotatable bonds is 8. The number of piperidine rings is 1. The minimum absolute atomic E-state index is 0.0360. The van der Waals surface area contributed by atoms with Gasteiger partial charge in [0, 0.05) is 75.0 Å². The van der Waals surface area contributed by atoms with E-state index in [2.05, 4.69) is 4.90 Å². The first kappa shape index (κ1) is 34.2. The van der Waals surface area contributed by atoms with E-state index in [1.54, 1.807) is 38.3 Å². The van der Waals surface area contributed by atoms with Crippen LogP contribution in [0.1, 0.15) is 63.2 Å². The molecule has 0 aromatic heterocycles. The molecule has 50 heavy (non-hydrogen) atoms. The Morgan fingerprint density at radius 3 is 2.48 bits per heavy atom. The van der Waals surface area contributed by atoms with Crippen LogP contribution in [0.2, 0.25) is 0 Å². The number of aliphatic hydroxyl groups excluding tert-OH is 1. The summed E-state index contributed by atoms with van der Waals surface area (Å²) >= 11 is 0. The van der Waals surface area contributed by atoms with Crippen LogP contribution in [0.4, 0.5) is 5.69 Å². The van der Waals surface area contributed by atoms with Gasteiger partial charge >= 0.3 is 11.9 Å². The molecule has 7 fully saturated rings. The van der Waals surface area contributed by atoms with Crippen molar-refractivity contribution in [3.05, 3.63) is 29.8 Å². The third-order valence-electron chi connectivity index (χ3n) is 14.3. The van der Waals surface area contributed by atoms with Gasteiger partial charge in [-0.3, -0.25) is 19.3 Å². The third kappa shape index (κ3) is 3.94. The van der Waals surface area contributed by atoms with E-state index in [0.717, 1.165) is 4.90 Å². The van der Waals surface area contributed by atoms with Crippen LogP contribution in [-0.4, -0.2) is 120 Å². The number of fused-ring (bicyclic) bond motifs is 2. The Morgan fingerprint density at radius 1 is 1.10 bits per heavy atom. The molecule has 7 bridgehead atoms. The van der Waals surface area contributed by atoms with Gasteiger partial charge in [0.2, 0.25) is 11.8 Å². The fourth-order valence-electron chi connectivity index (χ4n) is 13.0. The van der Waals surface area contributed by atoms with Gasteiger partial charge in [0.1, 0.15) is 17.3 Å². The van der Waals surface area contributed by atoms with Crippen LogP contribution in [0.3, 0.4) is 0 Å². The summed E-state index contributed by atoms with van der Waals surface area (Å²) in [5.74, 6) is -4.33. The number of anilines is 1. The van der Waals surface area contributed by atoms with Gasteiger partial charge in [-0.1, -0.05) is 26.0 Å². The fourth-order valence-corrected chi connectivity index (χ4v) is 13.0. The maximum absolute atomic E-state index is 14.0. The highest BCUT2D eigenvalue weighted by atomic mass is 16.5. The van der Waals surface area contributed by atoms with Crippen LogP contribution < -0.4 is 4.90 Å². The van der Waals surface area contributed by atoms with Crippen molar-refractivity contribution >= 4 is 29.4 Å². The Bertz CT molecular complexity index is 1640. The molecule has 272 valence electrons. The number of hydrogen-bond donors (Lipinski definition) is 3. The molecule has 7 aliphatic rings. The second-order valence-corrected chi connectivity index (χ2v) is 16.1. The largest absolute Gasteiger partial charge is 0.462 e. The van der Waals surface area contributed by atoms with E-state index in [1.165, 1.54) is 14.0 Å². The first-order valence-corrected chi connectivity index (χ1v) is 18.0. The number of likely N-dealkylation sites (N-methyl/N-ethyl adjacent to an activating group) is 1. The number of esters is 2. The summed E-state index contributed by atoms with van der Waals surface area (Å²) < 4.78 is 24.7. The van der Waals surface area contributed by atoms with Crippen LogP contribution in [0.25, 0.3) is 0 Å². The number of amides is 2. The zero-order chi connectivity index (χ0) is 35.7. The van der Waals surface area contributed by atoms with Gasteiger partial charge < -0.3 is 34.3 Å². The monoisotopic (exact) mass is 696 g/mol. The summed E-state index contributed by atoms with van der Waals surface area (Å²) in [6, 6.07) is 5.84. The Kier molecular flexibility index (Phi) is 7.71. The minimum Gasteiger partial charge on any atom is -0.462 e. The molecule has 1 spiro atoms. The molecule has 2 amide bonds. The average molecular weight is 697 g/mol. The van der Waals surface area contributed by atoms with Gasteiger partial charge in [0.05, 0.1) is 42.2 Å². The van der Waals surface area contributed by atoms with E-state index in [4.69, 9.17) is 18.9 Å². The quantitative estimate of drug-likeness (QED) is 0.263. The molecule has 2 heterocycles. The summed E-state index contributed by atoms with van der Waals surface area (Å²) in [5.41, 5.74) is -5.03. The number of para-hydroxylation sites is 1. The number of ether oxygens (including phenoxy) is 4. The van der Waals surface area contributed by atoms with Crippen molar-refractivity contribution in [3.63, 3.8) is 0 Å². The molecular weight excluding hydrogens is 648 g/mol. The van der Waals surface area contributed by atoms with E-state index in [1.807, 2.05) is 6.92 Å². The molecule has 14 atom stereocenters. The first-order chi connectivity index (χ1) is 23.8. The molecule has 3 N–H and O–H groups in total. The predicted molar refractivity (Wildman–Crippen MR) is 174 cm³/mol. The van der Waals surface area contributed by atoms with Gasteiger partial charge in [-0.05, 0) is 43.9 Å². The number of carbonyl (C=O) groups is 4. The highest BCUT2D eigenvalue weighted by Crippen LogP contribution is 2.80. The lowest BCUT2D eigenvalue weighted by molar-refractivity contribution is -0.318. The fraction of sp³-hybridized carbons (Fsp3) is 0.730. The summed E-state index contributed by atoms with van der Waals surface area (Å²) in [6.45, 7) is 5.91. The number of imide groups is 1. The summed E-state index contributed by atoms with van der Waals surface area (Å²) in [7, 11) is 3.19. The third-order valence-corrected chi connectivity index (χ3v) is 14.3. The molecule has 8 rings (SSSR count).